The fourth-order valence-corrected chi connectivity index (χ4v) is 6.27. The number of aryl methyl sites for hydroxylation is 2. The average Bonchev–Trinajstić information content (AvgIpc) is 3.53. The molecule has 1 aromatic heterocycles. The zero-order chi connectivity index (χ0) is 21.8. The minimum atomic E-state index is -3.25. The topological polar surface area (TPSA) is 105 Å². The Labute approximate surface area is 181 Å². The third kappa shape index (κ3) is 3.83. The van der Waals surface area contributed by atoms with E-state index in [2.05, 4.69) is 10.5 Å². The molecule has 166 valence electrons. The van der Waals surface area contributed by atoms with E-state index in [1.807, 2.05) is 36.9 Å². The molecule has 1 aromatic carbocycles. The number of nitrogens with zero attached hydrogens (tertiary/aromatic N) is 3. The largest absolute Gasteiger partial charge is 0.490 e. The number of hydrogen-bond donors (Lipinski definition) is 1. The molecule has 1 atom stereocenters. The predicted octanol–water partition coefficient (Wildman–Crippen LogP) is 1.77. The molecule has 0 radical (unpaired) electrons. The predicted molar refractivity (Wildman–Crippen MR) is 114 cm³/mol. The van der Waals surface area contributed by atoms with Crippen LogP contribution in [0.5, 0.6) is 5.75 Å². The molecule has 10 heteroatoms. The molecular formula is C21H26N4O5S. The third-order valence-corrected chi connectivity index (χ3v) is 8.59. The van der Waals surface area contributed by atoms with Crippen LogP contribution in [0.3, 0.4) is 0 Å². The monoisotopic (exact) mass is 446 g/mol. The number of fused-ring (bicyclic) bond motifs is 2. The molecule has 1 aliphatic carbocycles. The number of piperazine rings is 1. The number of hydrogen-bond acceptors (Lipinski definition) is 7. The first-order valence-electron chi connectivity index (χ1n) is 10.6. The maximum absolute atomic E-state index is 12.8. The van der Waals surface area contributed by atoms with E-state index in [4.69, 9.17) is 9.26 Å². The van der Waals surface area contributed by atoms with Gasteiger partial charge in [0.2, 0.25) is 15.9 Å². The number of carbonyl (C=O) groups excluding carboxylic acids is 1. The summed E-state index contributed by atoms with van der Waals surface area (Å²) in [5.41, 5.74) is 3.15. The minimum absolute atomic E-state index is 0.147. The van der Waals surface area contributed by atoms with Gasteiger partial charge >= 0.3 is 0 Å². The minimum Gasteiger partial charge on any atom is -0.490 e. The molecule has 2 aromatic rings. The van der Waals surface area contributed by atoms with Crippen LogP contribution in [0.15, 0.2) is 22.7 Å². The van der Waals surface area contributed by atoms with E-state index in [-0.39, 0.29) is 23.7 Å². The molecule has 1 saturated heterocycles. The first kappa shape index (κ1) is 20.5. The Balaban J connectivity index is 1.40. The van der Waals surface area contributed by atoms with Gasteiger partial charge in [0.15, 0.2) is 0 Å². The van der Waals surface area contributed by atoms with Crippen molar-refractivity contribution in [3.8, 4) is 16.9 Å². The SMILES string of the molecule is Cc1noc(C)c1-c1ccc2c(c1)NC(=O)CN1CCN(S(=O)(=O)C3CC3)C[C@@H]1CO2. The van der Waals surface area contributed by atoms with Crippen LogP contribution >= 0.6 is 0 Å². The van der Waals surface area contributed by atoms with Crippen LogP contribution in [0.25, 0.3) is 11.1 Å². The molecule has 5 rings (SSSR count). The van der Waals surface area contributed by atoms with E-state index in [9.17, 15) is 13.2 Å². The van der Waals surface area contributed by atoms with Crippen LogP contribution < -0.4 is 10.1 Å². The van der Waals surface area contributed by atoms with Crippen LogP contribution in [0.1, 0.15) is 24.3 Å². The second-order valence-electron chi connectivity index (χ2n) is 8.50. The number of benzene rings is 1. The van der Waals surface area contributed by atoms with Gasteiger partial charge in [-0.2, -0.15) is 4.31 Å². The van der Waals surface area contributed by atoms with Gasteiger partial charge in [0, 0.05) is 25.2 Å². The summed E-state index contributed by atoms with van der Waals surface area (Å²) >= 11 is 0. The van der Waals surface area contributed by atoms with Gasteiger partial charge in [-0.3, -0.25) is 9.69 Å². The summed E-state index contributed by atoms with van der Waals surface area (Å²) in [5, 5.41) is 6.73. The van der Waals surface area contributed by atoms with Gasteiger partial charge in [0.25, 0.3) is 0 Å². The number of rotatable bonds is 3. The van der Waals surface area contributed by atoms with Gasteiger partial charge in [-0.05, 0) is 44.4 Å². The summed E-state index contributed by atoms with van der Waals surface area (Å²) in [6, 6.07) is 5.43. The molecule has 31 heavy (non-hydrogen) atoms. The standard InChI is InChI=1S/C21H26N4O5S/c1-13-21(14(2)30-23-13)15-3-6-19-18(9-15)22-20(26)11-24-7-8-25(10-16(24)12-29-19)31(27,28)17-4-5-17/h3,6,9,16-17H,4-5,7-8,10-12H2,1-2H3,(H,22,26)/t16-/m1/s1. The zero-order valence-electron chi connectivity index (χ0n) is 17.6. The van der Waals surface area contributed by atoms with Gasteiger partial charge in [-0.15, -0.1) is 0 Å². The molecule has 0 unspecified atom stereocenters. The van der Waals surface area contributed by atoms with E-state index in [0.29, 0.717) is 43.4 Å². The summed E-state index contributed by atoms with van der Waals surface area (Å²) in [6.07, 6.45) is 1.49. The highest BCUT2D eigenvalue weighted by Crippen LogP contribution is 2.35. The molecule has 3 heterocycles. The van der Waals surface area contributed by atoms with Crippen LogP contribution in [0.2, 0.25) is 0 Å². The molecule has 9 nitrogen and oxygen atoms in total. The van der Waals surface area contributed by atoms with Crippen molar-refractivity contribution < 1.29 is 22.5 Å². The Kier molecular flexibility index (Phi) is 5.03. The maximum atomic E-state index is 12.8. The zero-order valence-corrected chi connectivity index (χ0v) is 18.4. The normalized spacial score (nSPS) is 23.0. The van der Waals surface area contributed by atoms with E-state index >= 15 is 0 Å². The number of ether oxygens (including phenoxy) is 1. The van der Waals surface area contributed by atoms with Crippen LogP contribution in [-0.2, 0) is 14.8 Å². The molecule has 2 aliphatic heterocycles. The summed E-state index contributed by atoms with van der Waals surface area (Å²) in [5.74, 6) is 1.13. The molecular weight excluding hydrogens is 420 g/mol. The van der Waals surface area contributed by atoms with Crippen LogP contribution in [0, 0.1) is 13.8 Å². The van der Waals surface area contributed by atoms with Crippen LogP contribution in [0.4, 0.5) is 5.69 Å². The molecule has 1 amide bonds. The first-order valence-corrected chi connectivity index (χ1v) is 12.1. The Morgan fingerprint density at radius 1 is 1.19 bits per heavy atom. The Bertz CT molecular complexity index is 1110. The lowest BCUT2D eigenvalue weighted by Crippen LogP contribution is -2.58. The number of nitrogens with one attached hydrogen (secondary N) is 1. The second kappa shape index (κ2) is 7.61. The molecule has 1 saturated carbocycles. The number of sulfonamides is 1. The quantitative estimate of drug-likeness (QED) is 0.766. The summed E-state index contributed by atoms with van der Waals surface area (Å²) in [6.45, 7) is 5.50. The summed E-state index contributed by atoms with van der Waals surface area (Å²) in [7, 11) is -3.25. The van der Waals surface area contributed by atoms with Crippen molar-refractivity contribution in [3.05, 3.63) is 29.7 Å². The molecule has 1 N–H and O–H groups in total. The Morgan fingerprint density at radius 2 is 2.00 bits per heavy atom. The number of amides is 1. The average molecular weight is 447 g/mol. The molecule has 0 bridgehead atoms. The number of carbonyl (C=O) groups is 1. The third-order valence-electron chi connectivity index (χ3n) is 6.23. The van der Waals surface area contributed by atoms with Crippen molar-refractivity contribution >= 4 is 21.6 Å². The second-order valence-corrected chi connectivity index (χ2v) is 10.7. The number of anilines is 1. The van der Waals surface area contributed by atoms with Crippen molar-refractivity contribution in [2.24, 2.45) is 0 Å². The lowest BCUT2D eigenvalue weighted by atomic mass is 10.0. The van der Waals surface area contributed by atoms with Crippen molar-refractivity contribution in [3.63, 3.8) is 0 Å². The fraction of sp³-hybridized carbons (Fsp3) is 0.524. The fourth-order valence-electron chi connectivity index (χ4n) is 4.40. The van der Waals surface area contributed by atoms with Crippen LogP contribution in [-0.4, -0.2) is 72.8 Å². The van der Waals surface area contributed by atoms with E-state index < -0.39 is 10.0 Å². The van der Waals surface area contributed by atoms with E-state index in [1.165, 1.54) is 0 Å². The lowest BCUT2D eigenvalue weighted by Gasteiger charge is -2.39. The van der Waals surface area contributed by atoms with Gasteiger partial charge in [0.05, 0.1) is 29.2 Å². The summed E-state index contributed by atoms with van der Waals surface area (Å²) < 4.78 is 38.3. The van der Waals surface area contributed by atoms with E-state index in [0.717, 1.165) is 29.7 Å². The highest BCUT2D eigenvalue weighted by Gasteiger charge is 2.43. The van der Waals surface area contributed by atoms with Gasteiger partial charge in [0.1, 0.15) is 18.1 Å². The highest BCUT2D eigenvalue weighted by molar-refractivity contribution is 7.90. The smallest absolute Gasteiger partial charge is 0.238 e. The van der Waals surface area contributed by atoms with E-state index in [1.54, 1.807) is 4.31 Å². The number of aromatic nitrogens is 1. The van der Waals surface area contributed by atoms with Crippen molar-refractivity contribution in [2.45, 2.75) is 38.0 Å². The highest BCUT2D eigenvalue weighted by atomic mass is 32.2. The van der Waals surface area contributed by atoms with Gasteiger partial charge in [-0.1, -0.05) is 11.2 Å². The van der Waals surface area contributed by atoms with Gasteiger partial charge in [-0.25, -0.2) is 8.42 Å². The summed E-state index contributed by atoms with van der Waals surface area (Å²) in [4.78, 5) is 14.8. The van der Waals surface area contributed by atoms with Crippen molar-refractivity contribution in [2.75, 3.05) is 38.1 Å². The Morgan fingerprint density at radius 3 is 2.71 bits per heavy atom. The van der Waals surface area contributed by atoms with Crippen molar-refractivity contribution in [1.29, 1.82) is 0 Å². The molecule has 0 spiro atoms. The maximum Gasteiger partial charge on any atom is 0.238 e. The Hall–Kier alpha value is -2.43. The molecule has 2 fully saturated rings. The first-order chi connectivity index (χ1) is 14.8. The molecule has 3 aliphatic rings. The lowest BCUT2D eigenvalue weighted by molar-refractivity contribution is -0.118. The van der Waals surface area contributed by atoms with Crippen molar-refractivity contribution in [1.82, 2.24) is 14.4 Å². The van der Waals surface area contributed by atoms with Gasteiger partial charge < -0.3 is 14.6 Å².